The molecule has 0 aromatic heterocycles. The Bertz CT molecular complexity index is 1820. The first-order valence-electron chi connectivity index (χ1n) is 17.9. The van der Waals surface area contributed by atoms with E-state index in [1.54, 1.807) is 0 Å². The van der Waals surface area contributed by atoms with Crippen LogP contribution in [0, 0.1) is 0 Å². The lowest BCUT2D eigenvalue weighted by Crippen LogP contribution is -2.46. The van der Waals surface area contributed by atoms with Crippen LogP contribution in [0.15, 0.2) is 152 Å². The number of benzene rings is 6. The zero-order chi connectivity index (χ0) is 31.4. The third-order valence-electron chi connectivity index (χ3n) is 11.2. The summed E-state index contributed by atoms with van der Waals surface area (Å²) in [6.07, 6.45) is 10.2. The Morgan fingerprint density at radius 2 is 0.745 bits per heavy atom. The average Bonchev–Trinajstić information content (AvgIpc) is 3.16. The van der Waals surface area contributed by atoms with Crippen LogP contribution in [-0.2, 0) is 0 Å². The van der Waals surface area contributed by atoms with E-state index in [0.29, 0.717) is 23.9 Å². The Balaban J connectivity index is 1.10. The highest BCUT2D eigenvalue weighted by molar-refractivity contribution is 5.96. The van der Waals surface area contributed by atoms with Crippen molar-refractivity contribution in [3.63, 3.8) is 0 Å². The second-order valence-corrected chi connectivity index (χ2v) is 13.9. The van der Waals surface area contributed by atoms with Crippen LogP contribution < -0.4 is 4.90 Å². The van der Waals surface area contributed by atoms with Crippen LogP contribution in [0.25, 0.3) is 33.0 Å². The number of hydrogen-bond acceptors (Lipinski definition) is 1. The first kappa shape index (κ1) is 29.8. The maximum absolute atomic E-state index is 2.88. The van der Waals surface area contributed by atoms with Crippen molar-refractivity contribution in [3.8, 4) is 22.3 Å². The number of anilines is 1. The molecule has 234 valence electrons. The van der Waals surface area contributed by atoms with Crippen LogP contribution >= 0.6 is 0 Å². The van der Waals surface area contributed by atoms with Gasteiger partial charge in [0.15, 0.2) is 0 Å². The lowest BCUT2D eigenvalue weighted by atomic mass is 9.78. The SMILES string of the molecule is c1ccc(-c2cc3ccccc3cc2-c2ccc(N(C3CCC(c4ccccc4)CC3)C3CCC(c4ccccc4)CC3)cc2)cc1. The Morgan fingerprint density at radius 3 is 1.19 bits per heavy atom. The minimum Gasteiger partial charge on any atom is -0.366 e. The van der Waals surface area contributed by atoms with Gasteiger partial charge in [-0.25, -0.2) is 0 Å². The summed E-state index contributed by atoms with van der Waals surface area (Å²) >= 11 is 0. The van der Waals surface area contributed by atoms with E-state index >= 15 is 0 Å². The Kier molecular flexibility index (Phi) is 8.63. The molecule has 0 saturated heterocycles. The predicted octanol–water partition coefficient (Wildman–Crippen LogP) is 12.4. The highest BCUT2D eigenvalue weighted by atomic mass is 15.2. The second kappa shape index (κ2) is 13.6. The number of fused-ring (bicyclic) bond motifs is 1. The second-order valence-electron chi connectivity index (χ2n) is 13.9. The summed E-state index contributed by atoms with van der Waals surface area (Å²) in [6, 6.07) is 57.7. The Labute approximate surface area is 280 Å². The van der Waals surface area contributed by atoms with Gasteiger partial charge in [-0.3, -0.25) is 0 Å². The third-order valence-corrected chi connectivity index (χ3v) is 11.2. The highest BCUT2D eigenvalue weighted by Crippen LogP contribution is 2.43. The molecule has 2 aliphatic rings. The average molecular weight is 612 g/mol. The van der Waals surface area contributed by atoms with E-state index in [4.69, 9.17) is 0 Å². The molecule has 0 unspecified atom stereocenters. The molecule has 0 radical (unpaired) electrons. The summed E-state index contributed by atoms with van der Waals surface area (Å²) in [5, 5.41) is 2.58. The molecule has 0 amide bonds. The molecule has 8 rings (SSSR count). The monoisotopic (exact) mass is 611 g/mol. The van der Waals surface area contributed by atoms with Crippen molar-refractivity contribution in [1.29, 1.82) is 0 Å². The molecular weight excluding hydrogens is 567 g/mol. The number of rotatable bonds is 7. The summed E-state index contributed by atoms with van der Waals surface area (Å²) in [5.41, 5.74) is 9.61. The summed E-state index contributed by atoms with van der Waals surface area (Å²) in [7, 11) is 0. The van der Waals surface area contributed by atoms with Crippen molar-refractivity contribution < 1.29 is 0 Å². The fourth-order valence-corrected chi connectivity index (χ4v) is 8.69. The largest absolute Gasteiger partial charge is 0.366 e. The normalized spacial score (nSPS) is 21.4. The highest BCUT2D eigenvalue weighted by Gasteiger charge is 2.34. The zero-order valence-corrected chi connectivity index (χ0v) is 27.3. The first-order chi connectivity index (χ1) is 23.3. The van der Waals surface area contributed by atoms with E-state index in [1.165, 1.54) is 101 Å². The topological polar surface area (TPSA) is 3.24 Å². The zero-order valence-electron chi connectivity index (χ0n) is 27.3. The van der Waals surface area contributed by atoms with E-state index in [2.05, 4.69) is 157 Å². The van der Waals surface area contributed by atoms with Crippen molar-refractivity contribution in [2.75, 3.05) is 4.90 Å². The summed E-state index contributed by atoms with van der Waals surface area (Å²) in [5.74, 6) is 1.38. The quantitative estimate of drug-likeness (QED) is 0.174. The number of nitrogens with zero attached hydrogens (tertiary/aromatic N) is 1. The molecule has 0 heterocycles. The van der Waals surface area contributed by atoms with E-state index < -0.39 is 0 Å². The lowest BCUT2D eigenvalue weighted by molar-refractivity contribution is 0.310. The van der Waals surface area contributed by atoms with Crippen LogP contribution in [0.5, 0.6) is 0 Å². The van der Waals surface area contributed by atoms with E-state index in [1.807, 2.05) is 0 Å². The van der Waals surface area contributed by atoms with E-state index in [-0.39, 0.29) is 0 Å². The molecule has 1 heteroatoms. The molecule has 2 saturated carbocycles. The maximum atomic E-state index is 2.88. The van der Waals surface area contributed by atoms with E-state index in [9.17, 15) is 0 Å². The fourth-order valence-electron chi connectivity index (χ4n) is 8.69. The van der Waals surface area contributed by atoms with Gasteiger partial charge in [0.2, 0.25) is 0 Å². The molecule has 0 atom stereocenters. The smallest absolute Gasteiger partial charge is 0.0371 e. The molecular formula is C46H45N. The minimum atomic E-state index is 0.597. The predicted molar refractivity (Wildman–Crippen MR) is 200 cm³/mol. The van der Waals surface area contributed by atoms with Gasteiger partial charge in [0.1, 0.15) is 0 Å². The van der Waals surface area contributed by atoms with Crippen molar-refractivity contribution in [2.45, 2.75) is 75.3 Å². The molecule has 0 spiro atoms. The van der Waals surface area contributed by atoms with Gasteiger partial charge in [-0.05, 0) is 132 Å². The molecule has 2 aliphatic carbocycles. The molecule has 0 aliphatic heterocycles. The molecule has 0 bridgehead atoms. The molecule has 1 nitrogen and oxygen atoms in total. The van der Waals surface area contributed by atoms with E-state index in [0.717, 1.165) is 0 Å². The molecule has 6 aromatic rings. The van der Waals surface area contributed by atoms with Crippen LogP contribution in [-0.4, -0.2) is 12.1 Å². The lowest BCUT2D eigenvalue weighted by Gasteiger charge is -2.45. The van der Waals surface area contributed by atoms with Crippen LogP contribution in [0.4, 0.5) is 5.69 Å². The number of hydrogen-bond donors (Lipinski definition) is 0. The van der Waals surface area contributed by atoms with Crippen LogP contribution in [0.2, 0.25) is 0 Å². The van der Waals surface area contributed by atoms with Gasteiger partial charge in [-0.15, -0.1) is 0 Å². The summed E-state index contributed by atoms with van der Waals surface area (Å²) in [4.78, 5) is 2.88. The Morgan fingerprint density at radius 1 is 0.362 bits per heavy atom. The van der Waals surface area contributed by atoms with Crippen LogP contribution in [0.1, 0.15) is 74.3 Å². The van der Waals surface area contributed by atoms with Gasteiger partial charge in [0.25, 0.3) is 0 Å². The minimum absolute atomic E-state index is 0.597. The van der Waals surface area contributed by atoms with Gasteiger partial charge >= 0.3 is 0 Å². The summed E-state index contributed by atoms with van der Waals surface area (Å²) < 4.78 is 0. The molecule has 2 fully saturated rings. The van der Waals surface area contributed by atoms with Gasteiger partial charge in [0, 0.05) is 17.8 Å². The maximum Gasteiger partial charge on any atom is 0.0371 e. The molecule has 47 heavy (non-hydrogen) atoms. The summed E-state index contributed by atoms with van der Waals surface area (Å²) in [6.45, 7) is 0. The Hall–Kier alpha value is -4.62. The van der Waals surface area contributed by atoms with Gasteiger partial charge in [0.05, 0.1) is 0 Å². The van der Waals surface area contributed by atoms with Gasteiger partial charge in [-0.1, -0.05) is 127 Å². The first-order valence-corrected chi connectivity index (χ1v) is 17.9. The van der Waals surface area contributed by atoms with Crippen molar-refractivity contribution in [1.82, 2.24) is 0 Å². The standard InChI is InChI=1S/C46H45N/c1-4-12-34(13-5-1)36-20-26-42(27-21-36)47(43-28-22-37(23-29-43)35-14-6-2-7-15-35)44-30-24-39(25-31-44)46-33-41-19-11-10-18-40(41)32-45(46)38-16-8-3-9-17-38/h1-19,24-25,30-33,36-37,42-43H,20-23,26-29H2. The van der Waals surface area contributed by atoms with Gasteiger partial charge in [-0.2, -0.15) is 0 Å². The molecule has 0 N–H and O–H groups in total. The third kappa shape index (κ3) is 6.37. The van der Waals surface area contributed by atoms with Crippen molar-refractivity contribution in [3.05, 3.63) is 163 Å². The van der Waals surface area contributed by atoms with Gasteiger partial charge < -0.3 is 4.90 Å². The van der Waals surface area contributed by atoms with Crippen molar-refractivity contribution in [2.24, 2.45) is 0 Å². The fraction of sp³-hybridized carbons (Fsp3) is 0.261. The van der Waals surface area contributed by atoms with Crippen molar-refractivity contribution >= 4 is 16.5 Å². The molecule has 6 aromatic carbocycles. The van der Waals surface area contributed by atoms with Crippen LogP contribution in [0.3, 0.4) is 0 Å².